The minimum atomic E-state index is -0.517. The van der Waals surface area contributed by atoms with Gasteiger partial charge >= 0.3 is 6.03 Å². The van der Waals surface area contributed by atoms with Gasteiger partial charge in [0.15, 0.2) is 5.79 Å². The predicted molar refractivity (Wildman–Crippen MR) is 100 cm³/mol. The van der Waals surface area contributed by atoms with Crippen LogP contribution in [-0.4, -0.2) is 52.6 Å². The molecule has 2 amide bonds. The normalized spacial score (nSPS) is 19.7. The number of piperidine rings is 1. The Morgan fingerprint density at radius 2 is 2.07 bits per heavy atom. The second-order valence-electron chi connectivity index (χ2n) is 7.39. The Bertz CT molecular complexity index is 813. The van der Waals surface area contributed by atoms with Gasteiger partial charge in [0.05, 0.1) is 25.2 Å². The number of amides is 2. The number of rotatable bonds is 4. The molecule has 1 aromatic carbocycles. The van der Waals surface area contributed by atoms with Crippen molar-refractivity contribution in [3.63, 3.8) is 0 Å². The Labute approximate surface area is 163 Å². The van der Waals surface area contributed by atoms with Crippen LogP contribution in [-0.2, 0) is 16.0 Å². The summed E-state index contributed by atoms with van der Waals surface area (Å²) >= 11 is 0. The van der Waals surface area contributed by atoms with E-state index >= 15 is 0 Å². The van der Waals surface area contributed by atoms with Gasteiger partial charge in [-0.2, -0.15) is 0 Å². The molecule has 3 heterocycles. The highest BCUT2D eigenvalue weighted by molar-refractivity contribution is 5.74. The molecule has 0 bridgehead atoms. The number of carbonyl (C=O) groups excluding carboxylic acids is 1. The number of aromatic nitrogens is 2. The number of imidazole rings is 1. The van der Waals surface area contributed by atoms with Crippen LogP contribution < -0.4 is 5.32 Å². The molecule has 0 spiro atoms. The van der Waals surface area contributed by atoms with Crippen LogP contribution in [0.1, 0.15) is 25.3 Å². The maximum Gasteiger partial charge on any atom is 0.317 e. The van der Waals surface area contributed by atoms with E-state index in [1.807, 2.05) is 6.92 Å². The molecule has 1 aromatic heterocycles. The molecule has 150 valence electrons. The van der Waals surface area contributed by atoms with Gasteiger partial charge in [-0.15, -0.1) is 0 Å². The van der Waals surface area contributed by atoms with Crippen molar-refractivity contribution in [2.24, 2.45) is 5.92 Å². The SMILES string of the molecule is CC1(C2CCN(C(=O)NCc3ccc(-n4ccnc4)c(F)c3)CC2)OCCO1. The predicted octanol–water partition coefficient (Wildman–Crippen LogP) is 2.70. The van der Waals surface area contributed by atoms with Gasteiger partial charge in [0.1, 0.15) is 5.82 Å². The summed E-state index contributed by atoms with van der Waals surface area (Å²) in [5, 5.41) is 2.88. The second-order valence-corrected chi connectivity index (χ2v) is 7.39. The van der Waals surface area contributed by atoms with E-state index in [4.69, 9.17) is 9.47 Å². The molecule has 4 rings (SSSR count). The Hall–Kier alpha value is -2.45. The summed E-state index contributed by atoms with van der Waals surface area (Å²) in [6.45, 7) is 4.85. The molecular weight excluding hydrogens is 363 g/mol. The Kier molecular flexibility index (Phi) is 5.32. The van der Waals surface area contributed by atoms with E-state index < -0.39 is 5.79 Å². The monoisotopic (exact) mass is 388 g/mol. The number of nitrogens with zero attached hydrogens (tertiary/aromatic N) is 3. The van der Waals surface area contributed by atoms with Gasteiger partial charge in [-0.25, -0.2) is 14.2 Å². The summed E-state index contributed by atoms with van der Waals surface area (Å²) in [7, 11) is 0. The highest BCUT2D eigenvalue weighted by Crippen LogP contribution is 2.34. The van der Waals surface area contributed by atoms with Gasteiger partial charge in [0.25, 0.3) is 0 Å². The highest BCUT2D eigenvalue weighted by Gasteiger charge is 2.41. The number of nitrogens with one attached hydrogen (secondary N) is 1. The van der Waals surface area contributed by atoms with Crippen LogP contribution in [0.25, 0.3) is 5.69 Å². The highest BCUT2D eigenvalue weighted by atomic mass is 19.1. The molecule has 2 saturated heterocycles. The van der Waals surface area contributed by atoms with Crippen molar-refractivity contribution in [2.45, 2.75) is 32.1 Å². The van der Waals surface area contributed by atoms with Crippen LogP contribution in [0.2, 0.25) is 0 Å². The van der Waals surface area contributed by atoms with E-state index in [0.29, 0.717) is 43.5 Å². The minimum Gasteiger partial charge on any atom is -0.348 e. The lowest BCUT2D eigenvalue weighted by molar-refractivity contribution is -0.189. The fourth-order valence-corrected chi connectivity index (χ4v) is 3.93. The third-order valence-corrected chi connectivity index (χ3v) is 5.62. The Morgan fingerprint density at radius 3 is 2.71 bits per heavy atom. The number of hydrogen-bond donors (Lipinski definition) is 1. The van der Waals surface area contributed by atoms with E-state index in [9.17, 15) is 9.18 Å². The standard InChI is InChI=1S/C20H25FN4O3/c1-20(27-10-11-28-20)16-4-7-24(8-5-16)19(26)23-13-15-2-3-18(17(21)12-15)25-9-6-22-14-25/h2-3,6,9,12,14,16H,4-5,7-8,10-11,13H2,1H3,(H,23,26). The first-order valence-electron chi connectivity index (χ1n) is 9.62. The zero-order valence-electron chi connectivity index (χ0n) is 15.9. The largest absolute Gasteiger partial charge is 0.348 e. The second kappa shape index (κ2) is 7.89. The van der Waals surface area contributed by atoms with E-state index in [1.165, 1.54) is 6.07 Å². The van der Waals surface area contributed by atoms with E-state index in [1.54, 1.807) is 40.3 Å². The van der Waals surface area contributed by atoms with Gasteiger partial charge in [-0.05, 0) is 37.5 Å². The summed E-state index contributed by atoms with van der Waals surface area (Å²) < 4.78 is 27.4. The maximum atomic E-state index is 14.3. The number of urea groups is 1. The van der Waals surface area contributed by atoms with Crippen molar-refractivity contribution in [3.05, 3.63) is 48.3 Å². The van der Waals surface area contributed by atoms with Crippen molar-refractivity contribution in [1.29, 1.82) is 0 Å². The molecule has 0 unspecified atom stereocenters. The quantitative estimate of drug-likeness (QED) is 0.875. The molecule has 0 radical (unpaired) electrons. The molecule has 0 saturated carbocycles. The van der Waals surface area contributed by atoms with Crippen LogP contribution in [0.3, 0.4) is 0 Å². The number of hydrogen-bond acceptors (Lipinski definition) is 4. The summed E-state index contributed by atoms with van der Waals surface area (Å²) in [5.41, 5.74) is 1.14. The van der Waals surface area contributed by atoms with E-state index in [2.05, 4.69) is 10.3 Å². The smallest absolute Gasteiger partial charge is 0.317 e. The van der Waals surface area contributed by atoms with Gasteiger partial charge in [-0.1, -0.05) is 6.07 Å². The van der Waals surface area contributed by atoms with Gasteiger partial charge < -0.3 is 24.3 Å². The molecule has 2 aromatic rings. The first-order chi connectivity index (χ1) is 13.5. The third-order valence-electron chi connectivity index (χ3n) is 5.62. The molecule has 8 heteroatoms. The molecule has 2 fully saturated rings. The fourth-order valence-electron chi connectivity index (χ4n) is 3.93. The zero-order chi connectivity index (χ0) is 19.6. The summed E-state index contributed by atoms with van der Waals surface area (Å²) in [6, 6.07) is 4.81. The molecule has 2 aliphatic heterocycles. The van der Waals surface area contributed by atoms with Crippen LogP contribution >= 0.6 is 0 Å². The topological polar surface area (TPSA) is 68.6 Å². The van der Waals surface area contributed by atoms with Crippen molar-refractivity contribution < 1.29 is 18.7 Å². The Balaban J connectivity index is 1.28. The van der Waals surface area contributed by atoms with Gasteiger partial charge in [0.2, 0.25) is 0 Å². The van der Waals surface area contributed by atoms with Crippen molar-refractivity contribution in [1.82, 2.24) is 19.8 Å². The first-order valence-corrected chi connectivity index (χ1v) is 9.62. The molecule has 2 aliphatic rings. The summed E-state index contributed by atoms with van der Waals surface area (Å²) in [6.07, 6.45) is 6.52. The molecular formula is C20H25FN4O3. The van der Waals surface area contributed by atoms with Crippen molar-refractivity contribution in [3.8, 4) is 5.69 Å². The third kappa shape index (κ3) is 3.88. The number of halogens is 1. The number of ether oxygens (including phenoxy) is 2. The van der Waals surface area contributed by atoms with E-state index in [0.717, 1.165) is 12.8 Å². The van der Waals surface area contributed by atoms with Crippen LogP contribution in [0.5, 0.6) is 0 Å². The molecule has 28 heavy (non-hydrogen) atoms. The lowest BCUT2D eigenvalue weighted by Crippen LogP contribution is -2.48. The zero-order valence-corrected chi connectivity index (χ0v) is 15.9. The molecule has 0 atom stereocenters. The lowest BCUT2D eigenvalue weighted by Gasteiger charge is -2.39. The van der Waals surface area contributed by atoms with E-state index in [-0.39, 0.29) is 18.4 Å². The maximum absolute atomic E-state index is 14.3. The lowest BCUT2D eigenvalue weighted by atomic mass is 9.89. The van der Waals surface area contributed by atoms with Crippen molar-refractivity contribution >= 4 is 6.03 Å². The van der Waals surface area contributed by atoms with Gasteiger partial charge in [0, 0.05) is 37.9 Å². The molecule has 1 N–H and O–H groups in total. The fraction of sp³-hybridized carbons (Fsp3) is 0.500. The van der Waals surface area contributed by atoms with Crippen LogP contribution in [0, 0.1) is 11.7 Å². The molecule has 0 aliphatic carbocycles. The minimum absolute atomic E-state index is 0.129. The summed E-state index contributed by atoms with van der Waals surface area (Å²) in [5.74, 6) is -0.573. The Morgan fingerprint density at radius 1 is 1.32 bits per heavy atom. The average molecular weight is 388 g/mol. The van der Waals surface area contributed by atoms with Crippen molar-refractivity contribution in [2.75, 3.05) is 26.3 Å². The number of likely N-dealkylation sites (tertiary alicyclic amines) is 1. The van der Waals surface area contributed by atoms with Crippen LogP contribution in [0.4, 0.5) is 9.18 Å². The average Bonchev–Trinajstić information content (AvgIpc) is 3.39. The summed E-state index contributed by atoms with van der Waals surface area (Å²) in [4.78, 5) is 18.2. The van der Waals surface area contributed by atoms with Gasteiger partial charge in [-0.3, -0.25) is 0 Å². The number of carbonyl (C=O) groups is 1. The number of benzene rings is 1. The first kappa shape index (κ1) is 18.9. The molecule has 7 nitrogen and oxygen atoms in total. The van der Waals surface area contributed by atoms with Crippen LogP contribution in [0.15, 0.2) is 36.9 Å².